The van der Waals surface area contributed by atoms with Crippen LogP contribution in [0.1, 0.15) is 17.3 Å². The molecule has 4 nitrogen and oxygen atoms in total. The summed E-state index contributed by atoms with van der Waals surface area (Å²) in [4.78, 5) is 11.1. The largest absolute Gasteiger partial charge is 0.482 e. The van der Waals surface area contributed by atoms with Gasteiger partial charge in [-0.25, -0.2) is 13.6 Å². The van der Waals surface area contributed by atoms with Crippen LogP contribution in [0.15, 0.2) is 12.1 Å². The van der Waals surface area contributed by atoms with Gasteiger partial charge in [-0.3, -0.25) is 0 Å². The lowest BCUT2D eigenvalue weighted by atomic mass is 10.2. The summed E-state index contributed by atoms with van der Waals surface area (Å²) >= 11 is 0. The second-order valence-corrected chi connectivity index (χ2v) is 3.64. The van der Waals surface area contributed by atoms with Crippen LogP contribution >= 0.6 is 0 Å². The number of hydrogen-bond acceptors (Lipinski definition) is 4. The number of benzene rings is 1. The van der Waals surface area contributed by atoms with Crippen LogP contribution in [-0.4, -0.2) is 32.9 Å². The van der Waals surface area contributed by atoms with Gasteiger partial charge in [0.2, 0.25) is 0 Å². The number of carbonyl (C=O) groups is 1. The Morgan fingerprint density at radius 2 is 1.83 bits per heavy atom. The van der Waals surface area contributed by atoms with Gasteiger partial charge in [0, 0.05) is 7.11 Å². The Labute approximate surface area is 103 Å². The first kappa shape index (κ1) is 14.4. The van der Waals surface area contributed by atoms with Crippen molar-refractivity contribution in [2.45, 2.75) is 13.0 Å². The molecule has 0 amide bonds. The molecule has 0 heterocycles. The van der Waals surface area contributed by atoms with Gasteiger partial charge in [0.25, 0.3) is 0 Å². The maximum Gasteiger partial charge on any atom is 0.338 e. The average Bonchev–Trinajstić information content (AvgIpc) is 2.32. The van der Waals surface area contributed by atoms with E-state index in [0.717, 1.165) is 19.2 Å². The summed E-state index contributed by atoms with van der Waals surface area (Å²) in [7, 11) is 2.58. The number of halogens is 2. The van der Waals surface area contributed by atoms with E-state index in [9.17, 15) is 13.6 Å². The molecule has 1 aromatic rings. The summed E-state index contributed by atoms with van der Waals surface area (Å²) in [5.74, 6) is -3.27. The van der Waals surface area contributed by atoms with Gasteiger partial charge in [-0.15, -0.1) is 0 Å². The van der Waals surface area contributed by atoms with E-state index in [1.807, 2.05) is 0 Å². The summed E-state index contributed by atoms with van der Waals surface area (Å²) < 4.78 is 41.4. The van der Waals surface area contributed by atoms with Gasteiger partial charge in [0.15, 0.2) is 17.4 Å². The van der Waals surface area contributed by atoms with Crippen molar-refractivity contribution in [3.8, 4) is 5.75 Å². The molecule has 18 heavy (non-hydrogen) atoms. The number of hydrogen-bond donors (Lipinski definition) is 0. The summed E-state index contributed by atoms with van der Waals surface area (Å²) in [5.41, 5.74) is -0.209. The lowest BCUT2D eigenvalue weighted by molar-refractivity contribution is 0.0598. The van der Waals surface area contributed by atoms with Crippen molar-refractivity contribution in [1.29, 1.82) is 0 Å². The molecule has 0 saturated heterocycles. The minimum absolute atomic E-state index is 0.192. The molecule has 1 aromatic carbocycles. The van der Waals surface area contributed by atoms with Gasteiger partial charge in [0.05, 0.1) is 19.3 Å². The predicted octanol–water partition coefficient (Wildman–Crippen LogP) is 2.17. The second kappa shape index (κ2) is 6.30. The average molecular weight is 260 g/mol. The third kappa shape index (κ3) is 3.40. The molecule has 1 atom stereocenters. The molecule has 0 aromatic heterocycles. The van der Waals surface area contributed by atoms with Crippen molar-refractivity contribution < 1.29 is 27.8 Å². The van der Waals surface area contributed by atoms with Crippen LogP contribution in [0.4, 0.5) is 8.78 Å². The first-order valence-corrected chi connectivity index (χ1v) is 5.22. The minimum Gasteiger partial charge on any atom is -0.482 e. The highest BCUT2D eigenvalue weighted by atomic mass is 19.1. The highest BCUT2D eigenvalue weighted by Gasteiger charge is 2.18. The molecule has 0 aliphatic carbocycles. The van der Waals surface area contributed by atoms with E-state index in [2.05, 4.69) is 4.74 Å². The molecule has 6 heteroatoms. The summed E-state index contributed by atoms with van der Waals surface area (Å²) in [5, 5.41) is 0. The quantitative estimate of drug-likeness (QED) is 0.761. The predicted molar refractivity (Wildman–Crippen MR) is 59.7 cm³/mol. The number of esters is 1. The fraction of sp³-hybridized carbons (Fsp3) is 0.417. The molecule has 0 radical (unpaired) electrons. The van der Waals surface area contributed by atoms with Crippen molar-refractivity contribution in [2.24, 2.45) is 0 Å². The van der Waals surface area contributed by atoms with Gasteiger partial charge < -0.3 is 14.2 Å². The fourth-order valence-corrected chi connectivity index (χ4v) is 1.38. The van der Waals surface area contributed by atoms with Crippen molar-refractivity contribution >= 4 is 5.97 Å². The van der Waals surface area contributed by atoms with Crippen LogP contribution in [0.3, 0.4) is 0 Å². The normalized spacial score (nSPS) is 12.1. The molecule has 0 fully saturated rings. The molecule has 0 aliphatic rings. The lowest BCUT2D eigenvalue weighted by Crippen LogP contribution is -2.19. The Bertz CT molecular complexity index is 411. The number of methoxy groups -OCH3 is 2. The highest BCUT2D eigenvalue weighted by Crippen LogP contribution is 2.24. The van der Waals surface area contributed by atoms with Gasteiger partial charge in [-0.1, -0.05) is 0 Å². The van der Waals surface area contributed by atoms with Crippen molar-refractivity contribution in [1.82, 2.24) is 0 Å². The molecular formula is C12H14F2O4. The highest BCUT2D eigenvalue weighted by molar-refractivity contribution is 5.89. The van der Waals surface area contributed by atoms with E-state index in [0.29, 0.717) is 0 Å². The fourth-order valence-electron chi connectivity index (χ4n) is 1.38. The zero-order valence-electron chi connectivity index (χ0n) is 10.3. The summed E-state index contributed by atoms with van der Waals surface area (Å²) in [6, 6.07) is 1.73. The molecular weight excluding hydrogens is 246 g/mol. The van der Waals surface area contributed by atoms with Crippen molar-refractivity contribution in [2.75, 3.05) is 20.8 Å². The molecule has 0 aliphatic heterocycles. The number of rotatable bonds is 5. The standard InChI is InChI=1S/C12H14F2O4/c1-7(6-16-2)18-11-9(13)4-8(5-10(11)14)12(15)17-3/h4-5,7H,6H2,1-3H3. The van der Waals surface area contributed by atoms with Crippen LogP contribution in [0.2, 0.25) is 0 Å². The first-order chi connectivity index (χ1) is 8.49. The Balaban J connectivity index is 2.97. The van der Waals surface area contributed by atoms with Crippen LogP contribution in [0.25, 0.3) is 0 Å². The zero-order chi connectivity index (χ0) is 13.7. The van der Waals surface area contributed by atoms with Crippen molar-refractivity contribution in [3.63, 3.8) is 0 Å². The molecule has 0 bridgehead atoms. The number of carbonyl (C=O) groups excluding carboxylic acids is 1. The van der Waals surface area contributed by atoms with Crippen LogP contribution in [-0.2, 0) is 9.47 Å². The summed E-state index contributed by atoms with van der Waals surface area (Å²) in [6.07, 6.45) is -0.511. The van der Waals surface area contributed by atoms with Gasteiger partial charge in [0.1, 0.15) is 6.10 Å². The van der Waals surface area contributed by atoms with E-state index >= 15 is 0 Å². The maximum absolute atomic E-state index is 13.6. The third-order valence-electron chi connectivity index (χ3n) is 2.14. The van der Waals surface area contributed by atoms with Gasteiger partial charge in [-0.2, -0.15) is 0 Å². The van der Waals surface area contributed by atoms with E-state index < -0.39 is 29.5 Å². The smallest absolute Gasteiger partial charge is 0.338 e. The van der Waals surface area contributed by atoms with E-state index in [-0.39, 0.29) is 12.2 Å². The Morgan fingerprint density at radius 1 is 1.28 bits per heavy atom. The molecule has 0 spiro atoms. The molecule has 1 rings (SSSR count). The van der Waals surface area contributed by atoms with Crippen LogP contribution in [0.5, 0.6) is 5.75 Å². The van der Waals surface area contributed by atoms with Gasteiger partial charge >= 0.3 is 5.97 Å². The van der Waals surface area contributed by atoms with E-state index in [1.165, 1.54) is 7.11 Å². The first-order valence-electron chi connectivity index (χ1n) is 5.22. The molecule has 100 valence electrons. The van der Waals surface area contributed by atoms with E-state index in [4.69, 9.17) is 9.47 Å². The SMILES string of the molecule is COCC(C)Oc1c(F)cc(C(=O)OC)cc1F. The Hall–Kier alpha value is -1.69. The van der Waals surface area contributed by atoms with Crippen LogP contribution in [0, 0.1) is 11.6 Å². The topological polar surface area (TPSA) is 44.8 Å². The molecule has 0 saturated carbocycles. The third-order valence-corrected chi connectivity index (χ3v) is 2.14. The van der Waals surface area contributed by atoms with Crippen LogP contribution < -0.4 is 4.74 Å². The second-order valence-electron chi connectivity index (χ2n) is 3.64. The minimum atomic E-state index is -0.960. The maximum atomic E-state index is 13.6. The Morgan fingerprint density at radius 3 is 2.28 bits per heavy atom. The molecule has 0 N–H and O–H groups in total. The number of ether oxygens (including phenoxy) is 3. The Kier molecular flexibility index (Phi) is 5.03. The van der Waals surface area contributed by atoms with E-state index in [1.54, 1.807) is 6.92 Å². The summed E-state index contributed by atoms with van der Waals surface area (Å²) in [6.45, 7) is 1.80. The monoisotopic (exact) mass is 260 g/mol. The zero-order valence-corrected chi connectivity index (χ0v) is 10.3. The lowest BCUT2D eigenvalue weighted by Gasteiger charge is -2.15. The van der Waals surface area contributed by atoms with Gasteiger partial charge in [-0.05, 0) is 19.1 Å². The van der Waals surface area contributed by atoms with Crippen molar-refractivity contribution in [3.05, 3.63) is 29.3 Å². The molecule has 1 unspecified atom stereocenters.